The largest absolute Gasteiger partial charge is 0.369 e. The molecule has 1 saturated heterocycles. The third-order valence-corrected chi connectivity index (χ3v) is 6.46. The van der Waals surface area contributed by atoms with Crippen LogP contribution in [0.15, 0.2) is 36.8 Å². The van der Waals surface area contributed by atoms with Gasteiger partial charge in [0.05, 0.1) is 11.9 Å². The predicted octanol–water partition coefficient (Wildman–Crippen LogP) is 4.24. The number of aromatic nitrogens is 2. The van der Waals surface area contributed by atoms with Crippen LogP contribution in [-0.4, -0.2) is 42.1 Å². The number of amides is 1. The Balaban J connectivity index is 1.33. The Kier molecular flexibility index (Phi) is 6.45. The lowest BCUT2D eigenvalue weighted by Gasteiger charge is -2.33. The second-order valence-electron chi connectivity index (χ2n) is 8.38. The van der Waals surface area contributed by atoms with Gasteiger partial charge >= 0.3 is 0 Å². The number of hydrogen-bond donors (Lipinski definition) is 1. The Labute approximate surface area is 177 Å². The quantitative estimate of drug-likeness (QED) is 0.797. The van der Waals surface area contributed by atoms with E-state index in [1.54, 1.807) is 24.7 Å². The van der Waals surface area contributed by atoms with Crippen molar-refractivity contribution >= 4 is 23.1 Å². The fraction of sp³-hybridized carbons (Fsp3) is 0.522. The summed E-state index contributed by atoms with van der Waals surface area (Å²) in [6.07, 6.45) is 12.5. The summed E-state index contributed by atoms with van der Waals surface area (Å²) in [7, 11) is 1.97. The van der Waals surface area contributed by atoms with Crippen molar-refractivity contribution in [1.82, 2.24) is 9.97 Å². The summed E-state index contributed by atoms with van der Waals surface area (Å²) in [4.78, 5) is 25.3. The van der Waals surface area contributed by atoms with Gasteiger partial charge in [-0.25, -0.2) is 9.37 Å². The summed E-state index contributed by atoms with van der Waals surface area (Å²) < 4.78 is 14.8. The summed E-state index contributed by atoms with van der Waals surface area (Å²) in [6, 6.07) is 5.44. The lowest BCUT2D eigenvalue weighted by Crippen LogP contribution is -2.38. The second kappa shape index (κ2) is 9.41. The summed E-state index contributed by atoms with van der Waals surface area (Å²) in [5.41, 5.74) is 1.13. The number of anilines is 3. The van der Waals surface area contributed by atoms with Crippen LogP contribution in [0.3, 0.4) is 0 Å². The maximum absolute atomic E-state index is 14.8. The molecule has 4 rings (SSSR count). The topological polar surface area (TPSA) is 61.4 Å². The minimum atomic E-state index is -0.279. The molecule has 1 aromatic carbocycles. The van der Waals surface area contributed by atoms with E-state index in [0.29, 0.717) is 17.4 Å². The lowest BCUT2D eigenvalue weighted by atomic mass is 9.94. The van der Waals surface area contributed by atoms with E-state index in [4.69, 9.17) is 0 Å². The molecule has 1 saturated carbocycles. The van der Waals surface area contributed by atoms with Crippen LogP contribution in [0.5, 0.6) is 0 Å². The molecule has 0 atom stereocenters. The molecule has 1 aliphatic heterocycles. The molecule has 6 nitrogen and oxygen atoms in total. The fourth-order valence-electron chi connectivity index (χ4n) is 4.61. The van der Waals surface area contributed by atoms with Crippen molar-refractivity contribution < 1.29 is 9.18 Å². The van der Waals surface area contributed by atoms with Gasteiger partial charge in [-0.2, -0.15) is 0 Å². The molecule has 1 aromatic heterocycles. The summed E-state index contributed by atoms with van der Waals surface area (Å²) in [5.74, 6) is 0.446. The van der Waals surface area contributed by atoms with Crippen LogP contribution >= 0.6 is 0 Å². The lowest BCUT2D eigenvalue weighted by molar-refractivity contribution is -0.120. The molecule has 0 spiro atoms. The molecular weight excluding hydrogens is 381 g/mol. The molecule has 2 aliphatic rings. The highest BCUT2D eigenvalue weighted by molar-refractivity contribution is 5.93. The van der Waals surface area contributed by atoms with Crippen LogP contribution in [0.25, 0.3) is 0 Å². The molecule has 0 radical (unpaired) electrons. The van der Waals surface area contributed by atoms with Crippen molar-refractivity contribution in [3.8, 4) is 0 Å². The first kappa shape index (κ1) is 20.6. The van der Waals surface area contributed by atoms with Crippen LogP contribution in [0, 0.1) is 11.7 Å². The monoisotopic (exact) mass is 411 g/mol. The maximum Gasteiger partial charge on any atom is 0.227 e. The Morgan fingerprint density at radius 2 is 1.90 bits per heavy atom. The standard InChI is InChI=1S/C23H30FN5O/c1-28(19-5-3-2-4-6-19)21-8-7-18(15-20(21)24)27-23(30)17-9-13-29(14-10-17)22-16-25-11-12-26-22/h7-8,11-12,15-17,19H,2-6,9-10,13-14H2,1H3,(H,27,30). The van der Waals surface area contributed by atoms with Crippen molar-refractivity contribution in [2.24, 2.45) is 5.92 Å². The van der Waals surface area contributed by atoms with Crippen LogP contribution in [0.4, 0.5) is 21.6 Å². The molecular formula is C23H30FN5O. The Bertz CT molecular complexity index is 848. The zero-order valence-electron chi connectivity index (χ0n) is 17.6. The molecule has 2 aromatic rings. The highest BCUT2D eigenvalue weighted by Crippen LogP contribution is 2.30. The van der Waals surface area contributed by atoms with Gasteiger partial charge in [-0.15, -0.1) is 0 Å². The van der Waals surface area contributed by atoms with Crippen LogP contribution < -0.4 is 15.1 Å². The third-order valence-electron chi connectivity index (χ3n) is 6.46. The number of hydrogen-bond acceptors (Lipinski definition) is 5. The summed E-state index contributed by atoms with van der Waals surface area (Å²) in [5, 5.41) is 2.91. The number of benzene rings is 1. The Morgan fingerprint density at radius 3 is 2.57 bits per heavy atom. The van der Waals surface area contributed by atoms with Gasteiger partial charge in [-0.3, -0.25) is 9.78 Å². The highest BCUT2D eigenvalue weighted by atomic mass is 19.1. The van der Waals surface area contributed by atoms with Gasteiger partial charge in [-0.05, 0) is 43.9 Å². The number of rotatable bonds is 5. The number of carbonyl (C=O) groups is 1. The van der Waals surface area contributed by atoms with E-state index >= 15 is 0 Å². The van der Waals surface area contributed by atoms with Crippen molar-refractivity contribution in [3.63, 3.8) is 0 Å². The first-order chi connectivity index (χ1) is 14.6. The van der Waals surface area contributed by atoms with Crippen molar-refractivity contribution in [2.45, 2.75) is 51.0 Å². The van der Waals surface area contributed by atoms with Crippen molar-refractivity contribution in [3.05, 3.63) is 42.6 Å². The molecule has 30 heavy (non-hydrogen) atoms. The van der Waals surface area contributed by atoms with E-state index in [0.717, 1.165) is 44.6 Å². The van der Waals surface area contributed by atoms with Gasteiger partial charge in [0.2, 0.25) is 5.91 Å². The molecule has 1 amide bonds. The fourth-order valence-corrected chi connectivity index (χ4v) is 4.61. The zero-order valence-corrected chi connectivity index (χ0v) is 17.6. The summed E-state index contributed by atoms with van der Waals surface area (Å²) in [6.45, 7) is 1.52. The molecule has 1 N–H and O–H groups in total. The van der Waals surface area contributed by atoms with E-state index in [-0.39, 0.29) is 17.6 Å². The Morgan fingerprint density at radius 1 is 1.13 bits per heavy atom. The molecule has 7 heteroatoms. The molecule has 160 valence electrons. The predicted molar refractivity (Wildman–Crippen MR) is 117 cm³/mol. The van der Waals surface area contributed by atoms with E-state index < -0.39 is 0 Å². The van der Waals surface area contributed by atoms with Crippen LogP contribution in [0.1, 0.15) is 44.9 Å². The summed E-state index contributed by atoms with van der Waals surface area (Å²) >= 11 is 0. The smallest absolute Gasteiger partial charge is 0.227 e. The minimum Gasteiger partial charge on any atom is -0.369 e. The molecule has 0 bridgehead atoms. The van der Waals surface area contributed by atoms with Gasteiger partial charge in [0, 0.05) is 50.2 Å². The number of nitrogens with one attached hydrogen (secondary N) is 1. The first-order valence-corrected chi connectivity index (χ1v) is 11.0. The third kappa shape index (κ3) is 4.71. The van der Waals surface area contributed by atoms with Gasteiger partial charge in [-0.1, -0.05) is 19.3 Å². The first-order valence-electron chi connectivity index (χ1n) is 11.0. The number of piperidine rings is 1. The average molecular weight is 412 g/mol. The van der Waals surface area contributed by atoms with E-state index in [9.17, 15) is 9.18 Å². The van der Waals surface area contributed by atoms with Crippen molar-refractivity contribution in [1.29, 1.82) is 0 Å². The Hall–Kier alpha value is -2.70. The number of carbonyl (C=O) groups excluding carboxylic acids is 1. The van der Waals surface area contributed by atoms with Gasteiger partial charge in [0.25, 0.3) is 0 Å². The molecule has 0 unspecified atom stereocenters. The normalized spacial score (nSPS) is 18.3. The van der Waals surface area contributed by atoms with Crippen LogP contribution in [-0.2, 0) is 4.79 Å². The molecule has 2 fully saturated rings. The van der Waals surface area contributed by atoms with Crippen LogP contribution in [0.2, 0.25) is 0 Å². The molecule has 2 heterocycles. The average Bonchev–Trinajstić information content (AvgIpc) is 2.80. The SMILES string of the molecule is CN(c1ccc(NC(=O)C2CCN(c3cnccn3)CC2)cc1F)C1CCCCC1. The number of nitrogens with zero attached hydrogens (tertiary/aromatic N) is 4. The van der Waals surface area contributed by atoms with E-state index in [1.807, 2.05) is 13.1 Å². The zero-order chi connectivity index (χ0) is 20.9. The second-order valence-corrected chi connectivity index (χ2v) is 8.38. The van der Waals surface area contributed by atoms with Gasteiger partial charge in [0.1, 0.15) is 11.6 Å². The highest BCUT2D eigenvalue weighted by Gasteiger charge is 2.26. The van der Waals surface area contributed by atoms with Gasteiger partial charge in [0.15, 0.2) is 0 Å². The van der Waals surface area contributed by atoms with E-state index in [2.05, 4.69) is 25.1 Å². The number of halogens is 1. The minimum absolute atomic E-state index is 0.0402. The maximum atomic E-state index is 14.8. The molecule has 1 aliphatic carbocycles. The van der Waals surface area contributed by atoms with Gasteiger partial charge < -0.3 is 15.1 Å². The van der Waals surface area contributed by atoms with Crippen molar-refractivity contribution in [2.75, 3.05) is 35.3 Å². The van der Waals surface area contributed by atoms with E-state index in [1.165, 1.54) is 25.3 Å².